The van der Waals surface area contributed by atoms with Crippen molar-refractivity contribution in [2.75, 3.05) is 39.6 Å². The predicted octanol–water partition coefficient (Wildman–Crippen LogP) is 24.0. The molecule has 5 unspecified atom stereocenters. The van der Waals surface area contributed by atoms with Crippen LogP contribution in [0.4, 0.5) is 0 Å². The van der Waals surface area contributed by atoms with E-state index in [2.05, 4.69) is 174 Å². The molecule has 106 heavy (non-hydrogen) atoms. The Morgan fingerprint density at radius 3 is 0.830 bits per heavy atom. The minimum Gasteiger partial charge on any atom is -0.462 e. The third-order valence-electron chi connectivity index (χ3n) is 16.5. The van der Waals surface area contributed by atoms with Crippen LogP contribution in [0.25, 0.3) is 0 Å². The molecule has 0 radical (unpaired) electrons. The van der Waals surface area contributed by atoms with Crippen molar-refractivity contribution in [1.29, 1.82) is 0 Å². The molecule has 0 spiro atoms. The summed E-state index contributed by atoms with van der Waals surface area (Å²) < 4.78 is 68.6. The Hall–Kier alpha value is -5.32. The maximum absolute atomic E-state index is 13.1. The maximum Gasteiger partial charge on any atom is 0.472 e. The Kier molecular flexibility index (Phi) is 73.9. The first-order chi connectivity index (χ1) is 51.7. The second-order valence-corrected chi connectivity index (χ2v) is 29.5. The van der Waals surface area contributed by atoms with E-state index in [1.165, 1.54) is 57.8 Å². The topological polar surface area (TPSA) is 237 Å². The lowest BCUT2D eigenvalue weighted by molar-refractivity contribution is -0.161. The number of rotatable bonds is 75. The Morgan fingerprint density at radius 2 is 0.500 bits per heavy atom. The molecule has 0 saturated carbocycles. The van der Waals surface area contributed by atoms with Crippen LogP contribution in [0.2, 0.25) is 0 Å². The van der Waals surface area contributed by atoms with Crippen LogP contribution >= 0.6 is 15.6 Å². The van der Waals surface area contributed by atoms with E-state index in [4.69, 9.17) is 37.0 Å². The normalized spacial score (nSPS) is 14.7. The Balaban J connectivity index is 5.47. The lowest BCUT2D eigenvalue weighted by Crippen LogP contribution is -2.30. The summed E-state index contributed by atoms with van der Waals surface area (Å²) in [4.78, 5) is 73.1. The predicted molar refractivity (Wildman–Crippen MR) is 436 cm³/mol. The first-order valence-electron chi connectivity index (χ1n) is 40.7. The number of esters is 4. The van der Waals surface area contributed by atoms with Crippen molar-refractivity contribution in [3.8, 4) is 0 Å². The average molecular weight is 1520 g/mol. The first kappa shape index (κ1) is 101. The molecule has 0 fully saturated rings. The Bertz CT molecular complexity index is 2630. The highest BCUT2D eigenvalue weighted by molar-refractivity contribution is 7.47. The zero-order valence-electron chi connectivity index (χ0n) is 66.1. The highest BCUT2D eigenvalue weighted by atomic mass is 31.2. The van der Waals surface area contributed by atoms with Crippen LogP contribution in [0.5, 0.6) is 0 Å². The fraction of sp³-hybridized carbons (Fsp3) is 0.655. The van der Waals surface area contributed by atoms with Crippen LogP contribution in [-0.4, -0.2) is 96.7 Å². The molecule has 0 aliphatic rings. The second kappa shape index (κ2) is 77.8. The van der Waals surface area contributed by atoms with Crippen molar-refractivity contribution in [3.05, 3.63) is 158 Å². The average Bonchev–Trinajstić information content (AvgIpc) is 0.909. The lowest BCUT2D eigenvalue weighted by atomic mass is 10.1. The van der Waals surface area contributed by atoms with Gasteiger partial charge in [-0.05, 0) is 167 Å². The number of phosphoric acid groups is 2. The van der Waals surface area contributed by atoms with E-state index in [9.17, 15) is 43.2 Å². The molecule has 0 aromatic rings. The summed E-state index contributed by atoms with van der Waals surface area (Å²) in [7, 11) is -10.0. The van der Waals surface area contributed by atoms with Crippen molar-refractivity contribution in [2.45, 2.75) is 329 Å². The Labute approximate surface area is 642 Å². The van der Waals surface area contributed by atoms with Crippen molar-refractivity contribution in [3.63, 3.8) is 0 Å². The van der Waals surface area contributed by atoms with E-state index in [0.717, 1.165) is 167 Å². The molecule has 0 heterocycles. The third kappa shape index (κ3) is 76.9. The van der Waals surface area contributed by atoms with Crippen molar-refractivity contribution in [1.82, 2.24) is 0 Å². The zero-order chi connectivity index (χ0) is 77.4. The summed E-state index contributed by atoms with van der Waals surface area (Å²) in [6.45, 7) is 4.49. The SMILES string of the molecule is CC/C=C\C/C=C\C/C=C\C/C=C\C/C=C\CCCCCC(=O)OCC(COP(=O)(O)OCC(O)COP(=O)(O)OCC(COC(=O)CCC/C=C\C/C=C\C/C=C\C/C=C\C/C=C\CC)OC(=O)CCCCCCC/C=C\CCCCCCCC)OC(=O)CCCCCCC/C=C\C/C=C\CCCCC. The largest absolute Gasteiger partial charge is 0.472 e. The Morgan fingerprint density at radius 1 is 0.274 bits per heavy atom. The molecule has 0 bridgehead atoms. The molecule has 604 valence electrons. The van der Waals surface area contributed by atoms with Crippen LogP contribution < -0.4 is 0 Å². The number of carbonyl (C=O) groups excluding carboxylic acids is 4. The van der Waals surface area contributed by atoms with Crippen molar-refractivity contribution >= 4 is 39.5 Å². The van der Waals surface area contributed by atoms with Gasteiger partial charge < -0.3 is 33.8 Å². The molecule has 19 heteroatoms. The van der Waals surface area contributed by atoms with Crippen LogP contribution in [0, 0.1) is 0 Å². The molecule has 0 amide bonds. The molecule has 0 rings (SSSR count). The molecular weight excluding hydrogens is 1380 g/mol. The quantitative estimate of drug-likeness (QED) is 0.0169. The fourth-order valence-corrected chi connectivity index (χ4v) is 11.9. The van der Waals surface area contributed by atoms with Crippen molar-refractivity contribution in [2.24, 2.45) is 0 Å². The van der Waals surface area contributed by atoms with E-state index in [0.29, 0.717) is 32.1 Å². The van der Waals surface area contributed by atoms with Gasteiger partial charge in [-0.25, -0.2) is 9.13 Å². The van der Waals surface area contributed by atoms with Crippen molar-refractivity contribution < 1.29 is 80.2 Å². The summed E-state index contributed by atoms with van der Waals surface area (Å²) in [5, 5.41) is 10.7. The lowest BCUT2D eigenvalue weighted by Gasteiger charge is -2.21. The van der Waals surface area contributed by atoms with E-state index in [1.807, 2.05) is 12.2 Å². The highest BCUT2D eigenvalue weighted by Crippen LogP contribution is 2.45. The summed E-state index contributed by atoms with van der Waals surface area (Å²) in [6.07, 6.45) is 90.8. The number of unbranched alkanes of at least 4 members (excludes halogenated alkanes) is 23. The molecule has 0 aromatic heterocycles. The van der Waals surface area contributed by atoms with Gasteiger partial charge in [-0.3, -0.25) is 37.3 Å². The van der Waals surface area contributed by atoms with Gasteiger partial charge in [0.1, 0.15) is 19.3 Å². The standard InChI is InChI=1S/C87H144O17P2/c1-5-9-13-17-21-25-29-33-37-39-40-42-46-48-52-56-60-64-68-72-85(90)98-78-83(104-87(92)74-70-66-62-58-54-50-44-36-32-28-24-20-16-12-8-4)80-102-106(95,96)100-76-81(88)75-99-105(93,94)101-79-82(103-86(91)73-69-65-61-57-53-49-43-35-31-27-23-19-15-11-7-3)77-97-84(89)71-67-63-59-55-51-47-45-41-38-34-30-26-22-18-14-10-6-2/h9-10,13-14,21-22,24-26,28,33-38,40,42-45,47-48,52,55,59,81-83,88H,5-8,11-12,15-20,23,27,29-32,39,41,46,49-51,53-54,56-58,60-80H2,1-4H3,(H,93,94)(H,95,96)/b13-9-,14-10-,25-21-,26-22-,28-24-,37-33-,38-34-,42-40-,43-35-,44-36-,47-45-,52-48-,59-55-. The molecule has 0 aromatic carbocycles. The number of allylic oxidation sites excluding steroid dienone is 26. The molecule has 5 atom stereocenters. The number of hydrogen-bond donors (Lipinski definition) is 3. The zero-order valence-corrected chi connectivity index (χ0v) is 67.8. The molecule has 0 aliphatic heterocycles. The van der Waals surface area contributed by atoms with E-state index in [-0.39, 0.29) is 25.7 Å². The monoisotopic (exact) mass is 1520 g/mol. The third-order valence-corrected chi connectivity index (χ3v) is 18.4. The van der Waals surface area contributed by atoms with E-state index in [1.54, 1.807) is 0 Å². The molecular formula is C87H144O17P2. The van der Waals surface area contributed by atoms with Gasteiger partial charge in [0.15, 0.2) is 12.2 Å². The second-order valence-electron chi connectivity index (χ2n) is 26.6. The minimum atomic E-state index is -5.00. The number of phosphoric ester groups is 2. The summed E-state index contributed by atoms with van der Waals surface area (Å²) >= 11 is 0. The smallest absolute Gasteiger partial charge is 0.462 e. The van der Waals surface area contributed by atoms with Gasteiger partial charge in [-0.1, -0.05) is 276 Å². The van der Waals surface area contributed by atoms with Crippen LogP contribution in [0.15, 0.2) is 158 Å². The summed E-state index contributed by atoms with van der Waals surface area (Å²) in [5.74, 6) is -2.31. The van der Waals surface area contributed by atoms with Gasteiger partial charge in [0, 0.05) is 25.7 Å². The highest BCUT2D eigenvalue weighted by Gasteiger charge is 2.30. The number of carbonyl (C=O) groups is 4. The van der Waals surface area contributed by atoms with Crippen LogP contribution in [0.3, 0.4) is 0 Å². The van der Waals surface area contributed by atoms with Gasteiger partial charge in [0.05, 0.1) is 26.4 Å². The molecule has 0 aliphatic carbocycles. The van der Waals surface area contributed by atoms with Crippen LogP contribution in [-0.2, 0) is 65.4 Å². The number of aliphatic hydroxyl groups is 1. The summed E-state index contributed by atoms with van der Waals surface area (Å²) in [6, 6.07) is 0. The minimum absolute atomic E-state index is 0.0651. The van der Waals surface area contributed by atoms with Gasteiger partial charge in [-0.15, -0.1) is 0 Å². The molecule has 0 saturated heterocycles. The maximum atomic E-state index is 13.1. The summed E-state index contributed by atoms with van der Waals surface area (Å²) in [5.41, 5.74) is 0. The van der Waals surface area contributed by atoms with E-state index < -0.39 is 97.5 Å². The fourth-order valence-electron chi connectivity index (χ4n) is 10.3. The molecule has 3 N–H and O–H groups in total. The van der Waals surface area contributed by atoms with Gasteiger partial charge in [-0.2, -0.15) is 0 Å². The molecule has 17 nitrogen and oxygen atoms in total. The van der Waals surface area contributed by atoms with Crippen LogP contribution in [0.1, 0.15) is 310 Å². The van der Waals surface area contributed by atoms with Gasteiger partial charge >= 0.3 is 39.5 Å². The van der Waals surface area contributed by atoms with E-state index >= 15 is 0 Å². The van der Waals surface area contributed by atoms with Gasteiger partial charge in [0.25, 0.3) is 0 Å². The number of aliphatic hydroxyl groups excluding tert-OH is 1. The number of hydrogen-bond acceptors (Lipinski definition) is 15. The first-order valence-corrected chi connectivity index (χ1v) is 43.7. The van der Waals surface area contributed by atoms with Gasteiger partial charge in [0.2, 0.25) is 0 Å². The number of ether oxygens (including phenoxy) is 4.